The summed E-state index contributed by atoms with van der Waals surface area (Å²) in [5, 5.41) is 0. The lowest BCUT2D eigenvalue weighted by atomic mass is 10.0. The molecule has 1 aromatic heterocycles. The molecule has 3 rings (SSSR count). The van der Waals surface area contributed by atoms with Crippen molar-refractivity contribution in [3.8, 4) is 17.0 Å². The van der Waals surface area contributed by atoms with E-state index in [0.29, 0.717) is 31.4 Å². The van der Waals surface area contributed by atoms with Crippen LogP contribution in [0.15, 0.2) is 30.5 Å². The summed E-state index contributed by atoms with van der Waals surface area (Å²) in [6.07, 6.45) is 15.3. The summed E-state index contributed by atoms with van der Waals surface area (Å²) in [7, 11) is 0. The number of pyridine rings is 1. The van der Waals surface area contributed by atoms with Gasteiger partial charge in [0.1, 0.15) is 0 Å². The second-order valence-corrected chi connectivity index (χ2v) is 9.90. The minimum atomic E-state index is -0.970. The molecule has 0 radical (unpaired) electrons. The standard InChI is InChI=1S/C30H43F2NO3/c1-3-5-7-9-10-12-14-23-21-35-30(36-22-23)24-15-17-26(33-20-24)25-16-18-27(29(32)28(25)31)34-19-13-11-8-6-4-2/h15-18,20,23,30H,3-14,19,21-22H2,1-2H3. The highest BCUT2D eigenvalue weighted by Crippen LogP contribution is 2.31. The number of aromatic nitrogens is 1. The molecule has 0 bridgehead atoms. The van der Waals surface area contributed by atoms with Crippen LogP contribution >= 0.6 is 0 Å². The summed E-state index contributed by atoms with van der Waals surface area (Å²) in [5.74, 6) is -1.54. The van der Waals surface area contributed by atoms with Gasteiger partial charge >= 0.3 is 0 Å². The second kappa shape index (κ2) is 15.9. The maximum atomic E-state index is 14.8. The molecule has 0 aliphatic carbocycles. The largest absolute Gasteiger partial charge is 0.490 e. The van der Waals surface area contributed by atoms with Gasteiger partial charge in [-0.2, -0.15) is 4.39 Å². The Labute approximate surface area is 215 Å². The molecule has 0 saturated carbocycles. The molecule has 2 heterocycles. The SMILES string of the molecule is CCCCCCCCC1COC(c2ccc(-c3ccc(OCCCCCCC)c(F)c3F)nc2)OC1. The Morgan fingerprint density at radius 2 is 1.47 bits per heavy atom. The normalized spacial score (nSPS) is 17.9. The Hall–Kier alpha value is -2.05. The Morgan fingerprint density at radius 1 is 0.806 bits per heavy atom. The van der Waals surface area contributed by atoms with Gasteiger partial charge in [0.2, 0.25) is 5.82 Å². The predicted octanol–water partition coefficient (Wildman–Crippen LogP) is 8.79. The molecule has 0 unspecified atom stereocenters. The van der Waals surface area contributed by atoms with Gasteiger partial charge in [-0.25, -0.2) is 4.39 Å². The number of hydrogen-bond acceptors (Lipinski definition) is 4. The monoisotopic (exact) mass is 503 g/mol. The molecule has 0 spiro atoms. The minimum Gasteiger partial charge on any atom is -0.490 e. The Kier molecular flexibility index (Phi) is 12.6. The van der Waals surface area contributed by atoms with Crippen molar-refractivity contribution in [3.05, 3.63) is 47.7 Å². The van der Waals surface area contributed by atoms with Crippen molar-refractivity contribution in [1.29, 1.82) is 0 Å². The minimum absolute atomic E-state index is 0.0529. The van der Waals surface area contributed by atoms with Gasteiger partial charge in [-0.1, -0.05) is 84.1 Å². The number of ether oxygens (including phenoxy) is 3. The Balaban J connectivity index is 1.46. The molecule has 1 aromatic carbocycles. The van der Waals surface area contributed by atoms with Crippen LogP contribution in [-0.2, 0) is 9.47 Å². The third-order valence-corrected chi connectivity index (χ3v) is 6.82. The summed E-state index contributed by atoms with van der Waals surface area (Å²) in [4.78, 5) is 4.36. The first-order valence-electron chi connectivity index (χ1n) is 13.9. The van der Waals surface area contributed by atoms with Crippen LogP contribution in [0.2, 0.25) is 0 Å². The fourth-order valence-corrected chi connectivity index (χ4v) is 4.55. The molecule has 200 valence electrons. The Morgan fingerprint density at radius 3 is 2.14 bits per heavy atom. The molecule has 0 N–H and O–H groups in total. The van der Waals surface area contributed by atoms with Crippen LogP contribution in [0.4, 0.5) is 8.78 Å². The third-order valence-electron chi connectivity index (χ3n) is 6.82. The van der Waals surface area contributed by atoms with Crippen LogP contribution in [0.1, 0.15) is 103 Å². The zero-order valence-corrected chi connectivity index (χ0v) is 22.1. The van der Waals surface area contributed by atoms with E-state index >= 15 is 0 Å². The predicted molar refractivity (Wildman–Crippen MR) is 140 cm³/mol. The number of rotatable bonds is 16. The summed E-state index contributed by atoms with van der Waals surface area (Å²) in [5.41, 5.74) is 1.25. The first-order valence-corrected chi connectivity index (χ1v) is 13.9. The molecule has 0 amide bonds. The second-order valence-electron chi connectivity index (χ2n) is 9.90. The number of hydrogen-bond donors (Lipinski definition) is 0. The van der Waals surface area contributed by atoms with Crippen LogP contribution < -0.4 is 4.74 Å². The average Bonchev–Trinajstić information content (AvgIpc) is 2.91. The van der Waals surface area contributed by atoms with Gasteiger partial charge in [-0.05, 0) is 31.0 Å². The zero-order chi connectivity index (χ0) is 25.6. The zero-order valence-electron chi connectivity index (χ0n) is 22.1. The summed E-state index contributed by atoms with van der Waals surface area (Å²) < 4.78 is 46.7. The fraction of sp³-hybridized carbons (Fsp3) is 0.633. The number of halogens is 2. The van der Waals surface area contributed by atoms with E-state index < -0.39 is 17.9 Å². The summed E-state index contributed by atoms with van der Waals surface area (Å²) in [6, 6.07) is 6.48. The van der Waals surface area contributed by atoms with Gasteiger partial charge in [-0.15, -0.1) is 0 Å². The Bertz CT molecular complexity index is 883. The number of unbranched alkanes of at least 4 members (excludes halogenated alkanes) is 9. The van der Waals surface area contributed by atoms with Gasteiger partial charge in [0.15, 0.2) is 17.9 Å². The van der Waals surface area contributed by atoms with Crippen LogP contribution in [0.25, 0.3) is 11.3 Å². The highest BCUT2D eigenvalue weighted by Gasteiger charge is 2.24. The van der Waals surface area contributed by atoms with Crippen molar-refractivity contribution in [2.75, 3.05) is 19.8 Å². The first kappa shape index (κ1) is 28.5. The highest BCUT2D eigenvalue weighted by atomic mass is 19.2. The van der Waals surface area contributed by atoms with Crippen molar-refractivity contribution >= 4 is 0 Å². The molecule has 1 fully saturated rings. The highest BCUT2D eigenvalue weighted by molar-refractivity contribution is 5.61. The lowest BCUT2D eigenvalue weighted by molar-refractivity contribution is -0.206. The smallest absolute Gasteiger partial charge is 0.201 e. The van der Waals surface area contributed by atoms with Crippen LogP contribution in [0, 0.1) is 17.6 Å². The van der Waals surface area contributed by atoms with E-state index in [1.165, 1.54) is 57.1 Å². The lowest BCUT2D eigenvalue weighted by Crippen LogP contribution is -2.27. The molecule has 1 aliphatic heterocycles. The molecular weight excluding hydrogens is 460 g/mol. The maximum absolute atomic E-state index is 14.8. The third kappa shape index (κ3) is 8.81. The molecule has 6 heteroatoms. The van der Waals surface area contributed by atoms with E-state index in [1.807, 2.05) is 0 Å². The van der Waals surface area contributed by atoms with Crippen LogP contribution in [-0.4, -0.2) is 24.8 Å². The van der Waals surface area contributed by atoms with Crippen molar-refractivity contribution in [1.82, 2.24) is 4.98 Å². The average molecular weight is 504 g/mol. The molecule has 2 aromatic rings. The van der Waals surface area contributed by atoms with Gasteiger partial charge in [-0.3, -0.25) is 4.98 Å². The maximum Gasteiger partial charge on any atom is 0.201 e. The number of benzene rings is 1. The topological polar surface area (TPSA) is 40.6 Å². The van der Waals surface area contributed by atoms with Crippen LogP contribution in [0.3, 0.4) is 0 Å². The van der Waals surface area contributed by atoms with Crippen molar-refractivity contribution in [3.63, 3.8) is 0 Å². The van der Waals surface area contributed by atoms with Crippen molar-refractivity contribution in [2.24, 2.45) is 5.92 Å². The van der Waals surface area contributed by atoms with Gasteiger partial charge in [0, 0.05) is 23.2 Å². The lowest BCUT2D eigenvalue weighted by Gasteiger charge is -2.29. The molecular formula is C30H43F2NO3. The fourth-order valence-electron chi connectivity index (χ4n) is 4.55. The van der Waals surface area contributed by atoms with Crippen molar-refractivity contribution in [2.45, 2.75) is 97.2 Å². The summed E-state index contributed by atoms with van der Waals surface area (Å²) >= 11 is 0. The molecule has 36 heavy (non-hydrogen) atoms. The molecule has 4 nitrogen and oxygen atoms in total. The molecule has 1 aliphatic rings. The van der Waals surface area contributed by atoms with E-state index in [1.54, 1.807) is 18.3 Å². The first-order chi connectivity index (χ1) is 17.6. The quantitative estimate of drug-likeness (QED) is 0.215. The van der Waals surface area contributed by atoms with Gasteiger partial charge in [0.25, 0.3) is 0 Å². The van der Waals surface area contributed by atoms with Crippen molar-refractivity contribution < 1.29 is 23.0 Å². The van der Waals surface area contributed by atoms with E-state index in [9.17, 15) is 8.78 Å². The van der Waals surface area contributed by atoms with Crippen LogP contribution in [0.5, 0.6) is 5.75 Å². The molecule has 1 saturated heterocycles. The molecule has 0 atom stereocenters. The van der Waals surface area contributed by atoms with Gasteiger partial charge in [0.05, 0.1) is 25.5 Å². The van der Waals surface area contributed by atoms with E-state index in [0.717, 1.165) is 37.7 Å². The summed E-state index contributed by atoms with van der Waals surface area (Å²) in [6.45, 7) is 6.11. The van der Waals surface area contributed by atoms with E-state index in [4.69, 9.17) is 14.2 Å². The van der Waals surface area contributed by atoms with E-state index in [2.05, 4.69) is 18.8 Å². The van der Waals surface area contributed by atoms with E-state index in [-0.39, 0.29) is 11.3 Å². The van der Waals surface area contributed by atoms with Gasteiger partial charge < -0.3 is 14.2 Å². The number of nitrogens with zero attached hydrogens (tertiary/aromatic N) is 1.